The minimum Gasteiger partial charge on any atom is -0.462 e. The number of esters is 1. The molecule has 0 amide bonds. The maximum atomic E-state index is 11.9. The third-order valence-corrected chi connectivity index (χ3v) is 3.00. The van der Waals surface area contributed by atoms with Crippen molar-refractivity contribution in [1.82, 2.24) is 14.7 Å². The van der Waals surface area contributed by atoms with E-state index >= 15 is 0 Å². The van der Waals surface area contributed by atoms with Gasteiger partial charge in [-0.05, 0) is 19.4 Å². The average Bonchev–Trinajstić information content (AvgIpc) is 2.70. The van der Waals surface area contributed by atoms with Crippen molar-refractivity contribution in [3.8, 4) is 0 Å². The van der Waals surface area contributed by atoms with Gasteiger partial charge < -0.3 is 4.74 Å². The molecule has 1 aromatic rings. The first-order chi connectivity index (χ1) is 8.99. The molecule has 0 aliphatic heterocycles. The highest BCUT2D eigenvalue weighted by Crippen LogP contribution is 2.13. The van der Waals surface area contributed by atoms with Crippen LogP contribution in [0.15, 0.2) is 6.20 Å². The van der Waals surface area contributed by atoms with Crippen molar-refractivity contribution in [3.05, 3.63) is 17.5 Å². The van der Waals surface area contributed by atoms with E-state index in [1.165, 1.54) is 0 Å². The highest BCUT2D eigenvalue weighted by molar-refractivity contribution is 5.90. The number of aryl methyl sites for hydroxylation is 1. The lowest BCUT2D eigenvalue weighted by molar-refractivity contribution is 0.0523. The molecule has 1 aromatic heterocycles. The summed E-state index contributed by atoms with van der Waals surface area (Å²) < 4.78 is 6.83. The first kappa shape index (κ1) is 15.7. The normalized spacial score (nSPS) is 11.3. The molecule has 0 aliphatic rings. The first-order valence-corrected chi connectivity index (χ1v) is 6.89. The molecule has 19 heavy (non-hydrogen) atoms. The second-order valence-electron chi connectivity index (χ2n) is 5.07. The molecule has 0 N–H and O–H groups in total. The predicted molar refractivity (Wildman–Crippen MR) is 75.0 cm³/mol. The zero-order chi connectivity index (χ0) is 14.4. The zero-order valence-corrected chi connectivity index (χ0v) is 12.6. The lowest BCUT2D eigenvalue weighted by atomic mass is 10.2. The minimum atomic E-state index is -0.286. The van der Waals surface area contributed by atoms with Gasteiger partial charge in [0.1, 0.15) is 5.56 Å². The molecule has 0 fully saturated rings. The Morgan fingerprint density at radius 3 is 2.68 bits per heavy atom. The van der Waals surface area contributed by atoms with Crippen LogP contribution in [-0.4, -0.2) is 40.3 Å². The molecule has 0 unspecified atom stereocenters. The van der Waals surface area contributed by atoms with Gasteiger partial charge in [0.15, 0.2) is 0 Å². The van der Waals surface area contributed by atoms with E-state index in [2.05, 4.69) is 30.8 Å². The van der Waals surface area contributed by atoms with Gasteiger partial charge in [0.05, 0.1) is 18.5 Å². The largest absolute Gasteiger partial charge is 0.462 e. The molecule has 0 radical (unpaired) electrons. The standard InChI is InChI=1S/C14H25N3O2/c1-6-17(9-11(3)4)10-13-12(8-15-16(13)5)14(18)19-7-2/h8,11H,6-7,9-10H2,1-5H3. The number of hydrogen-bond donors (Lipinski definition) is 0. The van der Waals surface area contributed by atoms with Crippen LogP contribution in [0.5, 0.6) is 0 Å². The quantitative estimate of drug-likeness (QED) is 0.710. The molecule has 108 valence electrons. The summed E-state index contributed by atoms with van der Waals surface area (Å²) in [5, 5.41) is 4.18. The zero-order valence-electron chi connectivity index (χ0n) is 12.6. The summed E-state index contributed by atoms with van der Waals surface area (Å²) in [7, 11) is 1.86. The second kappa shape index (κ2) is 7.28. The molecular weight excluding hydrogens is 242 g/mol. The lowest BCUT2D eigenvalue weighted by Crippen LogP contribution is -2.29. The highest BCUT2D eigenvalue weighted by Gasteiger charge is 2.19. The maximum absolute atomic E-state index is 11.9. The number of ether oxygens (including phenoxy) is 1. The Kier molecular flexibility index (Phi) is 6.02. The van der Waals surface area contributed by atoms with Crippen LogP contribution in [0.3, 0.4) is 0 Å². The second-order valence-corrected chi connectivity index (χ2v) is 5.07. The fraction of sp³-hybridized carbons (Fsp3) is 0.714. The topological polar surface area (TPSA) is 47.4 Å². The number of rotatable bonds is 7. The van der Waals surface area contributed by atoms with Crippen molar-refractivity contribution >= 4 is 5.97 Å². The summed E-state index contributed by atoms with van der Waals surface area (Å²) in [6, 6.07) is 0. The third kappa shape index (κ3) is 4.35. The van der Waals surface area contributed by atoms with E-state index < -0.39 is 0 Å². The van der Waals surface area contributed by atoms with E-state index in [0.717, 1.165) is 25.3 Å². The molecule has 0 saturated carbocycles. The molecule has 0 atom stereocenters. The van der Waals surface area contributed by atoms with Crippen molar-refractivity contribution in [2.24, 2.45) is 13.0 Å². The molecular formula is C14H25N3O2. The Bertz CT molecular complexity index is 413. The van der Waals surface area contributed by atoms with E-state index in [1.54, 1.807) is 10.9 Å². The summed E-state index contributed by atoms with van der Waals surface area (Å²) in [6.45, 7) is 11.4. The summed E-state index contributed by atoms with van der Waals surface area (Å²) >= 11 is 0. The summed E-state index contributed by atoms with van der Waals surface area (Å²) in [4.78, 5) is 14.2. The van der Waals surface area contributed by atoms with Gasteiger partial charge in [-0.15, -0.1) is 0 Å². The fourth-order valence-corrected chi connectivity index (χ4v) is 2.06. The van der Waals surface area contributed by atoms with E-state index in [0.29, 0.717) is 18.1 Å². The van der Waals surface area contributed by atoms with Gasteiger partial charge in [-0.2, -0.15) is 5.10 Å². The van der Waals surface area contributed by atoms with E-state index in [4.69, 9.17) is 4.74 Å². The van der Waals surface area contributed by atoms with Crippen molar-refractivity contribution in [2.75, 3.05) is 19.7 Å². The van der Waals surface area contributed by atoms with Crippen LogP contribution in [-0.2, 0) is 18.3 Å². The van der Waals surface area contributed by atoms with Crippen LogP contribution in [0.2, 0.25) is 0 Å². The molecule has 0 aliphatic carbocycles. The Balaban J connectivity index is 2.86. The Morgan fingerprint density at radius 2 is 2.16 bits per heavy atom. The Labute approximate surface area is 115 Å². The van der Waals surface area contributed by atoms with Crippen LogP contribution < -0.4 is 0 Å². The SMILES string of the molecule is CCOC(=O)c1cnn(C)c1CN(CC)CC(C)C. The smallest absolute Gasteiger partial charge is 0.341 e. The van der Waals surface area contributed by atoms with Crippen molar-refractivity contribution in [1.29, 1.82) is 0 Å². The van der Waals surface area contributed by atoms with E-state index in [9.17, 15) is 4.79 Å². The van der Waals surface area contributed by atoms with Crippen LogP contribution >= 0.6 is 0 Å². The van der Waals surface area contributed by atoms with E-state index in [-0.39, 0.29) is 5.97 Å². The van der Waals surface area contributed by atoms with Gasteiger partial charge in [-0.3, -0.25) is 9.58 Å². The Hall–Kier alpha value is -1.36. The predicted octanol–water partition coefficient (Wildman–Crippen LogP) is 2.07. The summed E-state index contributed by atoms with van der Waals surface area (Å²) in [5.41, 5.74) is 1.49. The maximum Gasteiger partial charge on any atom is 0.341 e. The summed E-state index contributed by atoms with van der Waals surface area (Å²) in [6.07, 6.45) is 1.59. The van der Waals surface area contributed by atoms with Crippen LogP contribution in [0.4, 0.5) is 0 Å². The van der Waals surface area contributed by atoms with Gasteiger partial charge in [0, 0.05) is 20.1 Å². The molecule has 0 saturated heterocycles. The minimum absolute atomic E-state index is 0.286. The van der Waals surface area contributed by atoms with Gasteiger partial charge >= 0.3 is 5.97 Å². The molecule has 0 bridgehead atoms. The molecule has 0 spiro atoms. The van der Waals surface area contributed by atoms with Crippen LogP contribution in [0.1, 0.15) is 43.7 Å². The van der Waals surface area contributed by atoms with Gasteiger partial charge in [0.25, 0.3) is 0 Å². The van der Waals surface area contributed by atoms with Crippen molar-refractivity contribution < 1.29 is 9.53 Å². The van der Waals surface area contributed by atoms with Crippen molar-refractivity contribution in [3.63, 3.8) is 0 Å². The van der Waals surface area contributed by atoms with Crippen LogP contribution in [0.25, 0.3) is 0 Å². The molecule has 0 aromatic carbocycles. The molecule has 1 heterocycles. The van der Waals surface area contributed by atoms with Gasteiger partial charge in [-0.25, -0.2) is 4.79 Å². The Morgan fingerprint density at radius 1 is 1.47 bits per heavy atom. The number of nitrogens with zero attached hydrogens (tertiary/aromatic N) is 3. The van der Waals surface area contributed by atoms with Gasteiger partial charge in [0.2, 0.25) is 0 Å². The fourth-order valence-electron chi connectivity index (χ4n) is 2.06. The monoisotopic (exact) mass is 267 g/mol. The first-order valence-electron chi connectivity index (χ1n) is 6.89. The lowest BCUT2D eigenvalue weighted by Gasteiger charge is -2.22. The van der Waals surface area contributed by atoms with E-state index in [1.807, 2.05) is 14.0 Å². The number of aromatic nitrogens is 2. The molecule has 5 heteroatoms. The number of carbonyl (C=O) groups is 1. The third-order valence-electron chi connectivity index (χ3n) is 3.00. The van der Waals surface area contributed by atoms with Crippen molar-refractivity contribution in [2.45, 2.75) is 34.2 Å². The number of carbonyl (C=O) groups excluding carboxylic acids is 1. The summed E-state index contributed by atoms with van der Waals surface area (Å²) in [5.74, 6) is 0.311. The number of hydrogen-bond acceptors (Lipinski definition) is 4. The highest BCUT2D eigenvalue weighted by atomic mass is 16.5. The molecule has 5 nitrogen and oxygen atoms in total. The molecule has 1 rings (SSSR count). The van der Waals surface area contributed by atoms with Gasteiger partial charge in [-0.1, -0.05) is 20.8 Å². The average molecular weight is 267 g/mol. The van der Waals surface area contributed by atoms with Crippen LogP contribution in [0, 0.1) is 5.92 Å².